The minimum atomic E-state index is -1.23. The second-order valence-corrected chi connectivity index (χ2v) is 9.78. The Morgan fingerprint density at radius 2 is 1.97 bits per heavy atom. The number of ether oxygens (including phenoxy) is 1. The molecule has 1 aliphatic heterocycles. The van der Waals surface area contributed by atoms with Crippen LogP contribution in [0.25, 0.3) is 10.9 Å². The van der Waals surface area contributed by atoms with Gasteiger partial charge in [-0.25, -0.2) is 4.39 Å². The van der Waals surface area contributed by atoms with E-state index in [1.165, 1.54) is 11.8 Å². The molecule has 1 fully saturated rings. The van der Waals surface area contributed by atoms with Crippen molar-refractivity contribution >= 4 is 22.5 Å². The van der Waals surface area contributed by atoms with Crippen LogP contribution in [0.15, 0.2) is 48.9 Å². The molecule has 1 saturated heterocycles. The average Bonchev–Trinajstić information content (AvgIpc) is 2.88. The normalized spacial score (nSPS) is 17.1. The number of methoxy groups -OCH3 is 1. The zero-order valence-corrected chi connectivity index (χ0v) is 20.5. The van der Waals surface area contributed by atoms with E-state index in [1.807, 2.05) is 24.5 Å². The lowest BCUT2D eigenvalue weighted by atomic mass is 9.74. The van der Waals surface area contributed by atoms with Gasteiger partial charge in [0, 0.05) is 36.1 Å². The van der Waals surface area contributed by atoms with Crippen LogP contribution in [0.4, 0.5) is 4.39 Å². The van der Waals surface area contributed by atoms with Gasteiger partial charge in [-0.2, -0.15) is 0 Å². The molecule has 3 aromatic rings. The van der Waals surface area contributed by atoms with Gasteiger partial charge < -0.3 is 14.7 Å². The molecule has 182 valence electrons. The molecule has 5 nitrogen and oxygen atoms in total. The molecule has 4 rings (SSSR count). The van der Waals surface area contributed by atoms with E-state index < -0.39 is 6.17 Å². The SMILES string of the molecule is COc1ccc2ncc(Cl)c([C@H](F)CCC3(CO)CCN(CCCc4ccncc4)CC3)c2c1. The van der Waals surface area contributed by atoms with Crippen molar-refractivity contribution in [2.45, 2.75) is 44.7 Å². The number of likely N-dealkylation sites (tertiary alicyclic amines) is 1. The first kappa shape index (κ1) is 24.8. The highest BCUT2D eigenvalue weighted by molar-refractivity contribution is 6.32. The van der Waals surface area contributed by atoms with E-state index in [4.69, 9.17) is 16.3 Å². The summed E-state index contributed by atoms with van der Waals surface area (Å²) in [5.74, 6) is 0.646. The van der Waals surface area contributed by atoms with Gasteiger partial charge in [-0.05, 0) is 99.5 Å². The molecule has 0 saturated carbocycles. The Hall–Kier alpha value is -2.28. The van der Waals surface area contributed by atoms with Crippen molar-refractivity contribution in [3.8, 4) is 5.75 Å². The van der Waals surface area contributed by atoms with Crippen molar-refractivity contribution in [3.63, 3.8) is 0 Å². The van der Waals surface area contributed by atoms with Crippen LogP contribution in [0.3, 0.4) is 0 Å². The fourth-order valence-corrected chi connectivity index (χ4v) is 5.25. The summed E-state index contributed by atoms with van der Waals surface area (Å²) in [7, 11) is 1.59. The predicted octanol–water partition coefficient (Wildman–Crippen LogP) is 5.79. The van der Waals surface area contributed by atoms with Crippen LogP contribution in [0.1, 0.15) is 49.4 Å². The van der Waals surface area contributed by atoms with Crippen LogP contribution < -0.4 is 4.74 Å². The lowest BCUT2D eigenvalue weighted by molar-refractivity contribution is 0.0300. The lowest BCUT2D eigenvalue weighted by Crippen LogP contribution is -2.42. The van der Waals surface area contributed by atoms with Crippen molar-refractivity contribution in [2.24, 2.45) is 5.41 Å². The van der Waals surface area contributed by atoms with E-state index in [9.17, 15) is 5.11 Å². The first-order valence-electron chi connectivity index (χ1n) is 12.0. The number of aromatic nitrogens is 2. The van der Waals surface area contributed by atoms with E-state index in [-0.39, 0.29) is 12.0 Å². The van der Waals surface area contributed by atoms with E-state index in [0.29, 0.717) is 40.1 Å². The van der Waals surface area contributed by atoms with Crippen molar-refractivity contribution in [1.82, 2.24) is 14.9 Å². The molecule has 1 atom stereocenters. The van der Waals surface area contributed by atoms with Gasteiger partial charge in [0.1, 0.15) is 11.9 Å². The molecule has 7 heteroatoms. The largest absolute Gasteiger partial charge is 0.497 e. The third kappa shape index (κ3) is 5.85. The monoisotopic (exact) mass is 485 g/mol. The molecular weight excluding hydrogens is 453 g/mol. The van der Waals surface area contributed by atoms with Gasteiger partial charge in [0.05, 0.1) is 17.6 Å². The number of aliphatic hydroxyl groups excluding tert-OH is 1. The minimum Gasteiger partial charge on any atom is -0.497 e. The summed E-state index contributed by atoms with van der Waals surface area (Å²) in [4.78, 5) is 10.9. The zero-order valence-electron chi connectivity index (χ0n) is 19.7. The molecular formula is C27H33ClFN3O2. The van der Waals surface area contributed by atoms with E-state index >= 15 is 4.39 Å². The van der Waals surface area contributed by atoms with Crippen LogP contribution in [-0.2, 0) is 6.42 Å². The quantitative estimate of drug-likeness (QED) is 0.394. The van der Waals surface area contributed by atoms with Crippen molar-refractivity contribution < 1.29 is 14.2 Å². The Labute approximate surface area is 205 Å². The standard InChI is InChI=1S/C27H33ClFN3O2/c1-34-21-4-5-25-22(17-21)26(23(28)18-31-25)24(29)6-9-27(19-33)10-15-32(16-11-27)14-2-3-20-7-12-30-13-8-20/h4-5,7-8,12-13,17-18,24,33H,2-3,6,9-11,14-16,19H2,1H3/t24-/m1/s1. The summed E-state index contributed by atoms with van der Waals surface area (Å²) < 4.78 is 20.9. The van der Waals surface area contributed by atoms with E-state index in [1.54, 1.807) is 13.2 Å². The number of benzene rings is 1. The minimum absolute atomic E-state index is 0.0865. The third-order valence-electron chi connectivity index (χ3n) is 7.25. The topological polar surface area (TPSA) is 58.5 Å². The highest BCUT2D eigenvalue weighted by atomic mass is 35.5. The second-order valence-electron chi connectivity index (χ2n) is 9.37. The van der Waals surface area contributed by atoms with Crippen LogP contribution in [-0.4, -0.2) is 53.3 Å². The van der Waals surface area contributed by atoms with Crippen LogP contribution >= 0.6 is 11.6 Å². The molecule has 1 N–H and O–H groups in total. The number of alkyl halides is 1. The van der Waals surface area contributed by atoms with Crippen LogP contribution in [0.5, 0.6) is 5.75 Å². The first-order chi connectivity index (χ1) is 16.5. The van der Waals surface area contributed by atoms with Gasteiger partial charge in [0.2, 0.25) is 0 Å². The summed E-state index contributed by atoms with van der Waals surface area (Å²) in [6, 6.07) is 9.55. The fourth-order valence-electron chi connectivity index (χ4n) is 4.98. The fraction of sp³-hybridized carbons (Fsp3) is 0.481. The number of aliphatic hydroxyl groups is 1. The molecule has 34 heavy (non-hydrogen) atoms. The molecule has 1 aliphatic rings. The number of piperidine rings is 1. The summed E-state index contributed by atoms with van der Waals surface area (Å²) in [5.41, 5.74) is 2.23. The summed E-state index contributed by atoms with van der Waals surface area (Å²) in [5, 5.41) is 11.2. The Bertz CT molecular complexity index is 1070. The maximum Gasteiger partial charge on any atom is 0.127 e. The molecule has 1 aromatic carbocycles. The maximum atomic E-state index is 15.6. The highest BCUT2D eigenvalue weighted by Crippen LogP contribution is 2.41. The van der Waals surface area contributed by atoms with Crippen LogP contribution in [0.2, 0.25) is 5.02 Å². The van der Waals surface area contributed by atoms with Crippen molar-refractivity contribution in [3.05, 3.63) is 65.1 Å². The number of nitrogens with zero attached hydrogens (tertiary/aromatic N) is 3. The number of halogens is 2. The second kappa shape index (κ2) is 11.4. The molecule has 0 unspecified atom stereocenters. The third-order valence-corrected chi connectivity index (χ3v) is 7.55. The molecule has 0 radical (unpaired) electrons. The van der Waals surface area contributed by atoms with Gasteiger partial charge in [-0.1, -0.05) is 11.6 Å². The first-order valence-corrected chi connectivity index (χ1v) is 12.4. The van der Waals surface area contributed by atoms with Gasteiger partial charge in [0.15, 0.2) is 0 Å². The Morgan fingerprint density at radius 3 is 2.68 bits per heavy atom. The van der Waals surface area contributed by atoms with Gasteiger partial charge in [-0.3, -0.25) is 9.97 Å². The number of pyridine rings is 2. The molecule has 0 amide bonds. The summed E-state index contributed by atoms with van der Waals surface area (Å²) >= 11 is 6.39. The van der Waals surface area contributed by atoms with E-state index in [0.717, 1.165) is 45.3 Å². The lowest BCUT2D eigenvalue weighted by Gasteiger charge is -2.41. The van der Waals surface area contributed by atoms with Crippen LogP contribution in [0, 0.1) is 5.41 Å². The number of hydrogen-bond donors (Lipinski definition) is 1. The Kier molecular flexibility index (Phi) is 8.35. The average molecular weight is 486 g/mol. The number of fused-ring (bicyclic) bond motifs is 1. The Morgan fingerprint density at radius 1 is 1.21 bits per heavy atom. The Balaban J connectivity index is 1.34. The predicted molar refractivity (Wildman–Crippen MR) is 134 cm³/mol. The zero-order chi connectivity index (χ0) is 24.0. The van der Waals surface area contributed by atoms with Gasteiger partial charge in [-0.15, -0.1) is 0 Å². The number of aryl methyl sites for hydroxylation is 1. The number of hydrogen-bond acceptors (Lipinski definition) is 5. The van der Waals surface area contributed by atoms with Crippen molar-refractivity contribution in [2.75, 3.05) is 33.4 Å². The molecule has 3 heterocycles. The summed E-state index contributed by atoms with van der Waals surface area (Å²) in [6.07, 6.45) is 8.80. The van der Waals surface area contributed by atoms with E-state index in [2.05, 4.69) is 27.0 Å². The molecule has 2 aromatic heterocycles. The molecule has 0 bridgehead atoms. The van der Waals surface area contributed by atoms with Crippen molar-refractivity contribution in [1.29, 1.82) is 0 Å². The maximum absolute atomic E-state index is 15.6. The van der Waals surface area contributed by atoms with Gasteiger partial charge in [0.25, 0.3) is 0 Å². The molecule has 0 spiro atoms. The molecule has 0 aliphatic carbocycles. The van der Waals surface area contributed by atoms with Gasteiger partial charge >= 0.3 is 0 Å². The highest BCUT2D eigenvalue weighted by Gasteiger charge is 2.35. The summed E-state index contributed by atoms with van der Waals surface area (Å²) in [6.45, 7) is 2.99. The number of rotatable bonds is 10. The smallest absolute Gasteiger partial charge is 0.127 e.